The molecule has 0 saturated carbocycles. The van der Waals surface area contributed by atoms with Gasteiger partial charge in [-0.3, -0.25) is 14.4 Å². The van der Waals surface area contributed by atoms with E-state index in [4.69, 9.17) is 0 Å². The Morgan fingerprint density at radius 1 is 0.960 bits per heavy atom. The predicted molar refractivity (Wildman–Crippen MR) is 97.3 cm³/mol. The van der Waals surface area contributed by atoms with Crippen LogP contribution in [0.5, 0.6) is 0 Å². The highest BCUT2D eigenvalue weighted by Gasteiger charge is 2.21. The highest BCUT2D eigenvalue weighted by molar-refractivity contribution is 5.96. The summed E-state index contributed by atoms with van der Waals surface area (Å²) in [7, 11) is 0. The fourth-order valence-corrected chi connectivity index (χ4v) is 2.58. The SMILES string of the molecule is CC(=O)c1ccc(NC(=O)CN(C(C)=O)C(C)c2ccccc2)cc1. The summed E-state index contributed by atoms with van der Waals surface area (Å²) in [6.07, 6.45) is 0. The molecule has 25 heavy (non-hydrogen) atoms. The third-order valence-electron chi connectivity index (χ3n) is 4.04. The summed E-state index contributed by atoms with van der Waals surface area (Å²) in [5, 5.41) is 2.76. The van der Waals surface area contributed by atoms with Gasteiger partial charge in [0.05, 0.1) is 6.04 Å². The third-order valence-corrected chi connectivity index (χ3v) is 4.04. The molecule has 0 saturated heterocycles. The van der Waals surface area contributed by atoms with E-state index >= 15 is 0 Å². The molecule has 0 aliphatic rings. The molecule has 2 amide bonds. The number of hydrogen-bond donors (Lipinski definition) is 1. The topological polar surface area (TPSA) is 66.5 Å². The first-order valence-electron chi connectivity index (χ1n) is 8.11. The fraction of sp³-hybridized carbons (Fsp3) is 0.250. The lowest BCUT2D eigenvalue weighted by Gasteiger charge is -2.28. The second kappa shape index (κ2) is 8.24. The van der Waals surface area contributed by atoms with Crippen LogP contribution in [0.3, 0.4) is 0 Å². The summed E-state index contributed by atoms with van der Waals surface area (Å²) in [6.45, 7) is 4.79. The maximum atomic E-state index is 12.3. The monoisotopic (exact) mass is 338 g/mol. The quantitative estimate of drug-likeness (QED) is 0.821. The first-order chi connectivity index (χ1) is 11.9. The molecule has 5 nitrogen and oxygen atoms in total. The van der Waals surface area contributed by atoms with Crippen molar-refractivity contribution >= 4 is 23.3 Å². The summed E-state index contributed by atoms with van der Waals surface area (Å²) < 4.78 is 0. The normalized spacial score (nSPS) is 11.5. The highest BCUT2D eigenvalue weighted by atomic mass is 16.2. The third kappa shape index (κ3) is 5.01. The van der Waals surface area contributed by atoms with Crippen LogP contribution < -0.4 is 5.32 Å². The van der Waals surface area contributed by atoms with Crippen molar-refractivity contribution in [2.24, 2.45) is 0 Å². The van der Waals surface area contributed by atoms with Gasteiger partial charge < -0.3 is 10.2 Å². The number of nitrogens with one attached hydrogen (secondary N) is 1. The number of rotatable bonds is 6. The van der Waals surface area contributed by atoms with E-state index in [0.717, 1.165) is 5.56 Å². The van der Waals surface area contributed by atoms with E-state index in [-0.39, 0.29) is 30.2 Å². The van der Waals surface area contributed by atoms with Gasteiger partial charge in [0.25, 0.3) is 0 Å². The van der Waals surface area contributed by atoms with Crippen molar-refractivity contribution in [2.45, 2.75) is 26.8 Å². The number of carbonyl (C=O) groups excluding carboxylic acids is 3. The summed E-state index contributed by atoms with van der Waals surface area (Å²) in [5.41, 5.74) is 2.14. The van der Waals surface area contributed by atoms with Gasteiger partial charge in [-0.15, -0.1) is 0 Å². The number of anilines is 1. The van der Waals surface area contributed by atoms with E-state index in [9.17, 15) is 14.4 Å². The first-order valence-corrected chi connectivity index (χ1v) is 8.11. The van der Waals surface area contributed by atoms with Crippen LogP contribution in [-0.4, -0.2) is 29.0 Å². The van der Waals surface area contributed by atoms with Crippen molar-refractivity contribution < 1.29 is 14.4 Å². The number of carbonyl (C=O) groups is 3. The Bertz CT molecular complexity index is 754. The van der Waals surface area contributed by atoms with Crippen LogP contribution in [0.1, 0.15) is 42.7 Å². The molecule has 0 spiro atoms. The summed E-state index contributed by atoms with van der Waals surface area (Å²) in [4.78, 5) is 37.1. The zero-order valence-electron chi connectivity index (χ0n) is 14.7. The second-order valence-corrected chi connectivity index (χ2v) is 5.92. The van der Waals surface area contributed by atoms with Gasteiger partial charge in [0, 0.05) is 18.2 Å². The van der Waals surface area contributed by atoms with Crippen LogP contribution in [0.15, 0.2) is 54.6 Å². The number of Topliss-reactive ketones (excluding diaryl/α,β-unsaturated/α-hetero) is 1. The number of benzene rings is 2. The van der Waals surface area contributed by atoms with E-state index < -0.39 is 0 Å². The Morgan fingerprint density at radius 2 is 1.56 bits per heavy atom. The molecule has 0 radical (unpaired) electrons. The Hall–Kier alpha value is -2.95. The Morgan fingerprint density at radius 3 is 2.08 bits per heavy atom. The smallest absolute Gasteiger partial charge is 0.244 e. The average molecular weight is 338 g/mol. The number of hydrogen-bond acceptors (Lipinski definition) is 3. The molecule has 2 aromatic rings. The van der Waals surface area contributed by atoms with Crippen LogP contribution in [0, 0.1) is 0 Å². The summed E-state index contributed by atoms with van der Waals surface area (Å²) in [6, 6.07) is 16.0. The highest BCUT2D eigenvalue weighted by Crippen LogP contribution is 2.20. The minimum Gasteiger partial charge on any atom is -0.327 e. The molecule has 130 valence electrons. The zero-order chi connectivity index (χ0) is 18.4. The van der Waals surface area contributed by atoms with Crippen LogP contribution in [0.25, 0.3) is 0 Å². The number of ketones is 1. The van der Waals surface area contributed by atoms with Crippen molar-refractivity contribution in [3.05, 3.63) is 65.7 Å². The lowest BCUT2D eigenvalue weighted by molar-refractivity contribution is -0.134. The average Bonchev–Trinajstić information content (AvgIpc) is 2.60. The Kier molecular flexibility index (Phi) is 6.06. The summed E-state index contributed by atoms with van der Waals surface area (Å²) in [5.74, 6) is -0.482. The van der Waals surface area contributed by atoms with E-state index in [2.05, 4.69) is 5.32 Å². The molecule has 1 atom stereocenters. The molecule has 0 fully saturated rings. The van der Waals surface area contributed by atoms with Gasteiger partial charge in [0.1, 0.15) is 6.54 Å². The number of amides is 2. The molecular formula is C20H22N2O3. The van der Waals surface area contributed by atoms with Crippen LogP contribution in [-0.2, 0) is 9.59 Å². The van der Waals surface area contributed by atoms with Gasteiger partial charge >= 0.3 is 0 Å². The van der Waals surface area contributed by atoms with Gasteiger partial charge in [0.15, 0.2) is 5.78 Å². The Balaban J connectivity index is 2.05. The molecular weight excluding hydrogens is 316 g/mol. The number of nitrogens with zero attached hydrogens (tertiary/aromatic N) is 1. The fourth-order valence-electron chi connectivity index (χ4n) is 2.58. The molecule has 0 aromatic heterocycles. The van der Waals surface area contributed by atoms with Crippen molar-refractivity contribution in [3.8, 4) is 0 Å². The minimum absolute atomic E-state index is 0.0303. The van der Waals surface area contributed by atoms with E-state index in [1.807, 2.05) is 37.3 Å². The van der Waals surface area contributed by atoms with Crippen molar-refractivity contribution in [1.29, 1.82) is 0 Å². The van der Waals surface area contributed by atoms with Crippen LogP contribution in [0.2, 0.25) is 0 Å². The van der Waals surface area contributed by atoms with Crippen molar-refractivity contribution in [3.63, 3.8) is 0 Å². The minimum atomic E-state index is -0.284. The largest absolute Gasteiger partial charge is 0.327 e. The molecule has 0 aliphatic heterocycles. The zero-order valence-corrected chi connectivity index (χ0v) is 14.7. The molecule has 5 heteroatoms. The Labute approximate surface area is 147 Å². The summed E-state index contributed by atoms with van der Waals surface area (Å²) >= 11 is 0. The molecule has 0 aliphatic carbocycles. The molecule has 0 bridgehead atoms. The standard InChI is InChI=1S/C20H22N2O3/c1-14(17-7-5-4-6-8-17)22(16(3)24)13-20(25)21-19-11-9-18(10-12-19)15(2)23/h4-12,14H,13H2,1-3H3,(H,21,25). The van der Waals surface area contributed by atoms with E-state index in [1.54, 1.807) is 24.3 Å². The van der Waals surface area contributed by atoms with E-state index in [0.29, 0.717) is 11.3 Å². The van der Waals surface area contributed by atoms with Crippen molar-refractivity contribution in [1.82, 2.24) is 4.90 Å². The van der Waals surface area contributed by atoms with Gasteiger partial charge in [-0.05, 0) is 43.7 Å². The van der Waals surface area contributed by atoms with E-state index in [1.165, 1.54) is 18.7 Å². The lowest BCUT2D eigenvalue weighted by Crippen LogP contribution is -2.38. The van der Waals surface area contributed by atoms with Gasteiger partial charge in [0.2, 0.25) is 11.8 Å². The molecule has 0 heterocycles. The molecule has 1 unspecified atom stereocenters. The molecule has 2 rings (SSSR count). The van der Waals surface area contributed by atoms with Gasteiger partial charge in [-0.1, -0.05) is 30.3 Å². The molecule has 1 N–H and O–H groups in total. The lowest BCUT2D eigenvalue weighted by atomic mass is 10.1. The van der Waals surface area contributed by atoms with Gasteiger partial charge in [-0.25, -0.2) is 0 Å². The van der Waals surface area contributed by atoms with Crippen LogP contribution in [0.4, 0.5) is 5.69 Å². The van der Waals surface area contributed by atoms with Crippen molar-refractivity contribution in [2.75, 3.05) is 11.9 Å². The second-order valence-electron chi connectivity index (χ2n) is 5.92. The predicted octanol–water partition coefficient (Wildman–Crippen LogP) is 3.44. The first kappa shape index (κ1) is 18.4. The van der Waals surface area contributed by atoms with Gasteiger partial charge in [-0.2, -0.15) is 0 Å². The maximum absolute atomic E-state index is 12.3. The molecule has 2 aromatic carbocycles. The van der Waals surface area contributed by atoms with Crippen LogP contribution >= 0.6 is 0 Å². The maximum Gasteiger partial charge on any atom is 0.244 e.